The lowest BCUT2D eigenvalue weighted by Crippen LogP contribution is -2.00. The lowest BCUT2D eigenvalue weighted by atomic mass is 10.0. The van der Waals surface area contributed by atoms with Gasteiger partial charge in [-0.2, -0.15) is 0 Å². The minimum absolute atomic E-state index is 0.824. The van der Waals surface area contributed by atoms with Crippen molar-refractivity contribution in [3.63, 3.8) is 0 Å². The molecule has 2 nitrogen and oxygen atoms in total. The quantitative estimate of drug-likeness (QED) is 0.0644. The van der Waals surface area contributed by atoms with Crippen LogP contribution in [-0.4, -0.2) is 13.2 Å². The first-order valence-corrected chi connectivity index (χ1v) is 22.6. The van der Waals surface area contributed by atoms with Crippen LogP contribution in [0.2, 0.25) is 0 Å². The number of rotatable bonds is 40. The number of ether oxygens (including phenoxy) is 2. The first kappa shape index (κ1) is 44.3. The van der Waals surface area contributed by atoms with E-state index in [2.05, 4.69) is 25.3 Å². The molecule has 0 aliphatic rings. The maximum Gasteiger partial charge on any atom is 0.216 e. The van der Waals surface area contributed by atoms with Gasteiger partial charge in [0.2, 0.25) is 5.06 Å². The predicted octanol–water partition coefficient (Wildman–Crippen LogP) is 16.6. The molecular formula is C44H84O2S. The van der Waals surface area contributed by atoms with Gasteiger partial charge in [-0.3, -0.25) is 0 Å². The molecule has 0 amide bonds. The van der Waals surface area contributed by atoms with Crippen molar-refractivity contribution in [3.05, 3.63) is 11.4 Å². The van der Waals surface area contributed by atoms with Crippen LogP contribution < -0.4 is 9.47 Å². The van der Waals surface area contributed by atoms with Crippen molar-refractivity contribution in [3.8, 4) is 10.8 Å². The average Bonchev–Trinajstić information content (AvgIpc) is 3.53. The summed E-state index contributed by atoms with van der Waals surface area (Å²) in [6.45, 7) is 6.26. The Hall–Kier alpha value is -0.700. The van der Waals surface area contributed by atoms with Gasteiger partial charge < -0.3 is 9.47 Å². The van der Waals surface area contributed by atoms with Crippen LogP contribution in [0.1, 0.15) is 245 Å². The van der Waals surface area contributed by atoms with Crippen LogP contribution in [0.15, 0.2) is 11.4 Å². The van der Waals surface area contributed by atoms with Gasteiger partial charge in [-0.15, -0.1) is 11.3 Å². The molecule has 0 atom stereocenters. The van der Waals surface area contributed by atoms with Gasteiger partial charge in [-0.25, -0.2) is 0 Å². The average molecular weight is 677 g/mol. The molecule has 0 spiro atoms. The minimum atomic E-state index is 0.824. The van der Waals surface area contributed by atoms with Crippen molar-refractivity contribution in [2.24, 2.45) is 0 Å². The van der Waals surface area contributed by atoms with Crippen LogP contribution in [0.5, 0.6) is 10.8 Å². The number of hydrogen-bond acceptors (Lipinski definition) is 3. The zero-order valence-electron chi connectivity index (χ0n) is 32.2. The fourth-order valence-corrected chi connectivity index (χ4v) is 7.56. The summed E-state index contributed by atoms with van der Waals surface area (Å²) in [6.07, 6.45) is 50.9. The second-order valence-electron chi connectivity index (χ2n) is 14.8. The van der Waals surface area contributed by atoms with Gasteiger partial charge >= 0.3 is 0 Å². The van der Waals surface area contributed by atoms with E-state index >= 15 is 0 Å². The highest BCUT2D eigenvalue weighted by atomic mass is 32.1. The highest BCUT2D eigenvalue weighted by Crippen LogP contribution is 2.34. The van der Waals surface area contributed by atoms with E-state index in [1.165, 1.54) is 218 Å². The maximum absolute atomic E-state index is 6.09. The van der Waals surface area contributed by atoms with Crippen molar-refractivity contribution >= 4 is 11.3 Å². The van der Waals surface area contributed by atoms with Gasteiger partial charge in [0.15, 0.2) is 5.75 Å². The van der Waals surface area contributed by atoms with E-state index in [9.17, 15) is 0 Å². The summed E-state index contributed by atoms with van der Waals surface area (Å²) in [4.78, 5) is 0. The monoisotopic (exact) mass is 677 g/mol. The zero-order valence-corrected chi connectivity index (χ0v) is 33.1. The predicted molar refractivity (Wildman–Crippen MR) is 213 cm³/mol. The van der Waals surface area contributed by atoms with Crippen LogP contribution in [-0.2, 0) is 0 Å². The third-order valence-electron chi connectivity index (χ3n) is 10.1. The van der Waals surface area contributed by atoms with E-state index in [1.807, 2.05) is 0 Å². The Balaban J connectivity index is 1.79. The maximum atomic E-state index is 6.09. The van der Waals surface area contributed by atoms with Crippen LogP contribution in [0.25, 0.3) is 0 Å². The summed E-state index contributed by atoms with van der Waals surface area (Å²) in [5, 5.41) is 3.09. The van der Waals surface area contributed by atoms with Crippen molar-refractivity contribution < 1.29 is 9.47 Å². The molecule has 0 bridgehead atoms. The van der Waals surface area contributed by atoms with E-state index in [0.29, 0.717) is 0 Å². The molecule has 0 aliphatic carbocycles. The SMILES string of the molecule is CCCCCCCCCCCCCCCCCCCCOc1ccsc1OCCCCCCCCCCCCCCCCCCCC. The fourth-order valence-electron chi connectivity index (χ4n) is 6.85. The third-order valence-corrected chi connectivity index (χ3v) is 10.9. The van der Waals surface area contributed by atoms with Gasteiger partial charge in [-0.05, 0) is 24.3 Å². The van der Waals surface area contributed by atoms with Crippen LogP contribution in [0.3, 0.4) is 0 Å². The smallest absolute Gasteiger partial charge is 0.216 e. The molecule has 0 aliphatic heterocycles. The zero-order chi connectivity index (χ0) is 33.6. The summed E-state index contributed by atoms with van der Waals surface area (Å²) < 4.78 is 12.2. The minimum Gasteiger partial charge on any atom is -0.489 e. The molecule has 0 aromatic carbocycles. The van der Waals surface area contributed by atoms with Crippen molar-refractivity contribution in [1.29, 1.82) is 0 Å². The summed E-state index contributed by atoms with van der Waals surface area (Å²) >= 11 is 1.68. The summed E-state index contributed by atoms with van der Waals surface area (Å²) in [6, 6.07) is 2.09. The Kier molecular flexibility index (Phi) is 35.9. The van der Waals surface area contributed by atoms with E-state index in [4.69, 9.17) is 9.47 Å². The van der Waals surface area contributed by atoms with Gasteiger partial charge in [0, 0.05) is 0 Å². The second kappa shape index (κ2) is 38.1. The molecule has 1 aromatic rings. The lowest BCUT2D eigenvalue weighted by molar-refractivity contribution is 0.265. The first-order valence-electron chi connectivity index (χ1n) is 21.7. The normalized spacial score (nSPS) is 11.4. The van der Waals surface area contributed by atoms with Gasteiger partial charge in [0.05, 0.1) is 13.2 Å². The molecule has 0 saturated heterocycles. The van der Waals surface area contributed by atoms with Crippen molar-refractivity contribution in [2.75, 3.05) is 13.2 Å². The van der Waals surface area contributed by atoms with E-state index in [-0.39, 0.29) is 0 Å². The molecule has 1 heterocycles. The second-order valence-corrected chi connectivity index (χ2v) is 15.7. The van der Waals surface area contributed by atoms with E-state index in [1.54, 1.807) is 11.3 Å². The van der Waals surface area contributed by atoms with Crippen LogP contribution in [0, 0.1) is 0 Å². The molecule has 3 heteroatoms. The molecule has 278 valence electrons. The molecule has 0 radical (unpaired) electrons. The third kappa shape index (κ3) is 32.3. The van der Waals surface area contributed by atoms with Crippen LogP contribution >= 0.6 is 11.3 Å². The standard InChI is InChI=1S/C44H84O2S/c1-3-5-7-9-11-13-15-17-19-21-23-25-27-29-31-33-35-37-40-45-43-39-42-47-44(43)46-41-38-36-34-32-30-28-26-24-22-20-18-16-14-12-10-8-6-4-2/h39,42H,3-38,40-41H2,1-2H3. The van der Waals surface area contributed by atoms with E-state index in [0.717, 1.165) is 36.9 Å². The Labute approximate surface area is 300 Å². The van der Waals surface area contributed by atoms with Crippen LogP contribution in [0.4, 0.5) is 0 Å². The van der Waals surface area contributed by atoms with Crippen molar-refractivity contribution in [2.45, 2.75) is 245 Å². The molecule has 47 heavy (non-hydrogen) atoms. The Morgan fingerprint density at radius 2 is 0.596 bits per heavy atom. The highest BCUT2D eigenvalue weighted by molar-refractivity contribution is 7.12. The summed E-state index contributed by atoms with van der Waals surface area (Å²) in [5.74, 6) is 0.962. The molecule has 1 aromatic heterocycles. The summed E-state index contributed by atoms with van der Waals surface area (Å²) in [5.41, 5.74) is 0. The largest absolute Gasteiger partial charge is 0.489 e. The van der Waals surface area contributed by atoms with Gasteiger partial charge in [-0.1, -0.05) is 232 Å². The fraction of sp³-hybridized carbons (Fsp3) is 0.909. The Morgan fingerprint density at radius 3 is 0.894 bits per heavy atom. The van der Waals surface area contributed by atoms with Gasteiger partial charge in [0.1, 0.15) is 0 Å². The molecule has 0 N–H and O–H groups in total. The van der Waals surface area contributed by atoms with Crippen molar-refractivity contribution in [1.82, 2.24) is 0 Å². The molecule has 0 unspecified atom stereocenters. The van der Waals surface area contributed by atoms with Gasteiger partial charge in [0.25, 0.3) is 0 Å². The summed E-state index contributed by atoms with van der Waals surface area (Å²) in [7, 11) is 0. The molecular weight excluding hydrogens is 593 g/mol. The number of unbranched alkanes of at least 4 members (excludes halogenated alkanes) is 34. The van der Waals surface area contributed by atoms with E-state index < -0.39 is 0 Å². The number of thiophene rings is 1. The molecule has 0 saturated carbocycles. The first-order chi connectivity index (χ1) is 23.4. The topological polar surface area (TPSA) is 18.5 Å². The molecule has 1 rings (SSSR count). The lowest BCUT2D eigenvalue weighted by Gasteiger charge is -2.09. The highest BCUT2D eigenvalue weighted by Gasteiger charge is 2.07. The molecule has 0 fully saturated rings. The number of hydrogen-bond donors (Lipinski definition) is 0. The Bertz CT molecular complexity index is 644. The Morgan fingerprint density at radius 1 is 0.340 bits per heavy atom.